The number of carboxylic acids is 1. The number of rotatable bonds is 5. The molecule has 0 bridgehead atoms. The number of anilines is 1. The van der Waals surface area contributed by atoms with Gasteiger partial charge in [0, 0.05) is 11.3 Å². The number of aliphatic hydroxyl groups is 2. The van der Waals surface area contributed by atoms with Crippen molar-refractivity contribution in [3.05, 3.63) is 29.3 Å². The maximum absolute atomic E-state index is 10.5. The average molecular weight is 253 g/mol. The third-order valence-corrected chi connectivity index (χ3v) is 2.84. The van der Waals surface area contributed by atoms with Crippen molar-refractivity contribution in [3.8, 4) is 0 Å². The van der Waals surface area contributed by atoms with Gasteiger partial charge in [0.1, 0.15) is 6.10 Å². The summed E-state index contributed by atoms with van der Waals surface area (Å²) < 4.78 is 0. The zero-order valence-corrected chi connectivity index (χ0v) is 10.5. The van der Waals surface area contributed by atoms with Crippen LogP contribution in [-0.4, -0.2) is 27.4 Å². The van der Waals surface area contributed by atoms with E-state index in [4.69, 9.17) is 10.8 Å². The molecule has 0 amide bonds. The van der Waals surface area contributed by atoms with Gasteiger partial charge in [0.05, 0.1) is 12.5 Å². The van der Waals surface area contributed by atoms with Gasteiger partial charge in [-0.3, -0.25) is 4.79 Å². The number of carbonyl (C=O) groups is 1. The molecule has 5 nitrogen and oxygen atoms in total. The molecule has 0 fully saturated rings. The zero-order chi connectivity index (χ0) is 13.9. The van der Waals surface area contributed by atoms with Gasteiger partial charge in [-0.15, -0.1) is 0 Å². The van der Waals surface area contributed by atoms with Crippen molar-refractivity contribution in [1.82, 2.24) is 0 Å². The van der Waals surface area contributed by atoms with Crippen LogP contribution in [0.5, 0.6) is 0 Å². The SMILES string of the molecule is CC(C)c1ccc(N)c(C(O)C(O)CC(=O)O)c1. The quantitative estimate of drug-likeness (QED) is 0.591. The monoisotopic (exact) mass is 253 g/mol. The third kappa shape index (κ3) is 3.45. The van der Waals surface area contributed by atoms with E-state index in [0.29, 0.717) is 11.3 Å². The molecule has 1 rings (SSSR count). The Balaban J connectivity index is 3.00. The lowest BCUT2D eigenvalue weighted by Gasteiger charge is -2.19. The van der Waals surface area contributed by atoms with E-state index in [0.717, 1.165) is 5.56 Å². The van der Waals surface area contributed by atoms with Crippen molar-refractivity contribution in [1.29, 1.82) is 0 Å². The summed E-state index contributed by atoms with van der Waals surface area (Å²) in [6, 6.07) is 5.21. The fourth-order valence-electron chi connectivity index (χ4n) is 1.71. The van der Waals surface area contributed by atoms with Crippen LogP contribution in [0, 0.1) is 0 Å². The molecule has 0 spiro atoms. The fourth-order valence-corrected chi connectivity index (χ4v) is 1.71. The van der Waals surface area contributed by atoms with Crippen LogP contribution in [0.25, 0.3) is 0 Å². The second-order valence-corrected chi connectivity index (χ2v) is 4.65. The van der Waals surface area contributed by atoms with Crippen molar-refractivity contribution in [2.24, 2.45) is 0 Å². The summed E-state index contributed by atoms with van der Waals surface area (Å²) >= 11 is 0. The van der Waals surface area contributed by atoms with E-state index in [1.54, 1.807) is 12.1 Å². The summed E-state index contributed by atoms with van der Waals surface area (Å²) in [7, 11) is 0. The molecule has 0 saturated carbocycles. The smallest absolute Gasteiger partial charge is 0.306 e. The Kier molecular flexibility index (Phi) is 4.69. The van der Waals surface area contributed by atoms with Gasteiger partial charge in [0.15, 0.2) is 0 Å². The van der Waals surface area contributed by atoms with Crippen LogP contribution < -0.4 is 5.73 Å². The van der Waals surface area contributed by atoms with Crippen LogP contribution in [0.2, 0.25) is 0 Å². The molecule has 0 aliphatic heterocycles. The Morgan fingerprint density at radius 2 is 1.94 bits per heavy atom. The Morgan fingerprint density at radius 3 is 2.44 bits per heavy atom. The van der Waals surface area contributed by atoms with E-state index < -0.39 is 24.6 Å². The third-order valence-electron chi connectivity index (χ3n) is 2.84. The predicted octanol–water partition coefficient (Wildman–Crippen LogP) is 1.26. The van der Waals surface area contributed by atoms with Gasteiger partial charge in [0.2, 0.25) is 0 Å². The van der Waals surface area contributed by atoms with Crippen LogP contribution in [0.1, 0.15) is 43.4 Å². The van der Waals surface area contributed by atoms with E-state index in [9.17, 15) is 15.0 Å². The molecule has 18 heavy (non-hydrogen) atoms. The van der Waals surface area contributed by atoms with Gasteiger partial charge >= 0.3 is 5.97 Å². The number of nitrogen functional groups attached to an aromatic ring is 1. The van der Waals surface area contributed by atoms with Crippen molar-refractivity contribution in [2.45, 2.75) is 38.4 Å². The van der Waals surface area contributed by atoms with Gasteiger partial charge in [-0.2, -0.15) is 0 Å². The second kappa shape index (κ2) is 5.84. The van der Waals surface area contributed by atoms with E-state index in [1.165, 1.54) is 0 Å². The molecule has 100 valence electrons. The summed E-state index contributed by atoms with van der Waals surface area (Å²) in [5.74, 6) is -0.909. The standard InChI is InChI=1S/C13H19NO4/c1-7(2)8-3-4-10(14)9(5-8)13(18)11(15)6-12(16)17/h3-5,7,11,13,15,18H,6,14H2,1-2H3,(H,16,17). The molecule has 0 heterocycles. The van der Waals surface area contributed by atoms with Crippen LogP contribution in [0.3, 0.4) is 0 Å². The molecule has 5 heteroatoms. The van der Waals surface area contributed by atoms with Gasteiger partial charge in [0.25, 0.3) is 0 Å². The van der Waals surface area contributed by atoms with E-state index in [1.807, 2.05) is 19.9 Å². The second-order valence-electron chi connectivity index (χ2n) is 4.65. The van der Waals surface area contributed by atoms with Gasteiger partial charge < -0.3 is 21.1 Å². The lowest BCUT2D eigenvalue weighted by molar-refractivity contribution is -0.141. The lowest BCUT2D eigenvalue weighted by atomic mass is 9.94. The molecular formula is C13H19NO4. The number of carboxylic acid groups (broad SMARTS) is 1. The highest BCUT2D eigenvalue weighted by atomic mass is 16.4. The van der Waals surface area contributed by atoms with Crippen LogP contribution >= 0.6 is 0 Å². The Hall–Kier alpha value is -1.59. The Labute approximate surface area is 106 Å². The Morgan fingerprint density at radius 1 is 1.33 bits per heavy atom. The summed E-state index contributed by atoms with van der Waals surface area (Å²) in [5.41, 5.74) is 7.43. The molecule has 0 aromatic heterocycles. The molecule has 2 unspecified atom stereocenters. The van der Waals surface area contributed by atoms with Gasteiger partial charge in [-0.05, 0) is 17.5 Å². The van der Waals surface area contributed by atoms with Gasteiger partial charge in [-0.1, -0.05) is 26.0 Å². The highest BCUT2D eigenvalue weighted by Crippen LogP contribution is 2.28. The largest absolute Gasteiger partial charge is 0.481 e. The number of aliphatic hydroxyl groups excluding tert-OH is 2. The normalized spacial score (nSPS) is 14.5. The summed E-state index contributed by atoms with van der Waals surface area (Å²) in [6.07, 6.45) is -3.18. The topological polar surface area (TPSA) is 104 Å². The first-order valence-corrected chi connectivity index (χ1v) is 5.80. The predicted molar refractivity (Wildman–Crippen MR) is 68.2 cm³/mol. The van der Waals surface area contributed by atoms with Crippen molar-refractivity contribution in [3.63, 3.8) is 0 Å². The number of benzene rings is 1. The van der Waals surface area contributed by atoms with E-state index in [-0.39, 0.29) is 5.92 Å². The summed E-state index contributed by atoms with van der Waals surface area (Å²) in [5, 5.41) is 28.1. The van der Waals surface area contributed by atoms with E-state index >= 15 is 0 Å². The molecular weight excluding hydrogens is 234 g/mol. The number of hydrogen-bond donors (Lipinski definition) is 4. The summed E-state index contributed by atoms with van der Waals surface area (Å²) in [6.45, 7) is 3.99. The first-order chi connectivity index (χ1) is 8.32. The van der Waals surface area contributed by atoms with Crippen LogP contribution in [-0.2, 0) is 4.79 Å². The molecule has 1 aromatic carbocycles. The first-order valence-electron chi connectivity index (χ1n) is 5.80. The number of hydrogen-bond acceptors (Lipinski definition) is 4. The zero-order valence-electron chi connectivity index (χ0n) is 10.5. The highest BCUT2D eigenvalue weighted by Gasteiger charge is 2.23. The molecule has 0 radical (unpaired) electrons. The molecule has 1 aromatic rings. The molecule has 2 atom stereocenters. The minimum Gasteiger partial charge on any atom is -0.481 e. The van der Waals surface area contributed by atoms with Crippen molar-refractivity contribution in [2.75, 3.05) is 5.73 Å². The lowest BCUT2D eigenvalue weighted by Crippen LogP contribution is -2.22. The maximum atomic E-state index is 10.5. The molecule has 0 aliphatic rings. The van der Waals surface area contributed by atoms with Crippen molar-refractivity contribution >= 4 is 11.7 Å². The summed E-state index contributed by atoms with van der Waals surface area (Å²) in [4.78, 5) is 10.5. The average Bonchev–Trinajstić information content (AvgIpc) is 2.27. The molecule has 0 saturated heterocycles. The molecule has 0 aliphatic carbocycles. The first kappa shape index (κ1) is 14.5. The number of nitrogens with two attached hydrogens (primary N) is 1. The van der Waals surface area contributed by atoms with Crippen molar-refractivity contribution < 1.29 is 20.1 Å². The van der Waals surface area contributed by atoms with Crippen LogP contribution in [0.15, 0.2) is 18.2 Å². The minimum absolute atomic E-state index is 0.258. The van der Waals surface area contributed by atoms with E-state index in [2.05, 4.69) is 0 Å². The highest BCUT2D eigenvalue weighted by molar-refractivity contribution is 5.67. The maximum Gasteiger partial charge on any atom is 0.306 e. The minimum atomic E-state index is -1.37. The number of aliphatic carboxylic acids is 1. The molecule has 5 N–H and O–H groups in total. The Bertz CT molecular complexity index is 431. The van der Waals surface area contributed by atoms with Crippen LogP contribution in [0.4, 0.5) is 5.69 Å². The van der Waals surface area contributed by atoms with Gasteiger partial charge in [-0.25, -0.2) is 0 Å². The fraction of sp³-hybridized carbons (Fsp3) is 0.462.